The van der Waals surface area contributed by atoms with E-state index in [1.165, 1.54) is 12.1 Å². The first-order chi connectivity index (χ1) is 7.99. The molecule has 1 aromatic heterocycles. The molecule has 7 nitrogen and oxygen atoms in total. The second-order valence-corrected chi connectivity index (χ2v) is 4.94. The van der Waals surface area contributed by atoms with Gasteiger partial charge in [-0.05, 0) is 19.1 Å². The van der Waals surface area contributed by atoms with Crippen molar-refractivity contribution < 1.29 is 12.9 Å². The van der Waals surface area contributed by atoms with Crippen molar-refractivity contribution in [2.45, 2.75) is 11.8 Å². The molecule has 0 atom stereocenters. The molecule has 0 unspecified atom stereocenters. The molecule has 0 aliphatic rings. The zero-order valence-electron chi connectivity index (χ0n) is 8.91. The van der Waals surface area contributed by atoms with E-state index in [9.17, 15) is 8.42 Å². The predicted molar refractivity (Wildman–Crippen MR) is 60.7 cm³/mol. The Kier molecular flexibility index (Phi) is 2.72. The average molecular weight is 254 g/mol. The summed E-state index contributed by atoms with van der Waals surface area (Å²) in [7, 11) is -3.80. The molecule has 0 aliphatic carbocycles. The summed E-state index contributed by atoms with van der Waals surface area (Å²) in [6.07, 6.45) is 0. The fraction of sp³-hybridized carbons (Fsp3) is 0.111. The van der Waals surface area contributed by atoms with Gasteiger partial charge in [-0.25, -0.2) is 13.1 Å². The normalized spacial score (nSPS) is 11.4. The molecule has 2 aromatic rings. The molecule has 90 valence electrons. The number of sulfonamides is 1. The Hall–Kier alpha value is -2.09. The van der Waals surface area contributed by atoms with Gasteiger partial charge in [0, 0.05) is 0 Å². The van der Waals surface area contributed by atoms with Gasteiger partial charge in [0.2, 0.25) is 0 Å². The second-order valence-electron chi connectivity index (χ2n) is 3.29. The van der Waals surface area contributed by atoms with Gasteiger partial charge in [0.25, 0.3) is 10.0 Å². The maximum Gasteiger partial charge on any atom is 0.335 e. The number of nitrogens with one attached hydrogen (secondary N) is 1. The first-order valence-corrected chi connectivity index (χ1v) is 6.15. The maximum absolute atomic E-state index is 11.9. The fourth-order valence-corrected chi connectivity index (χ4v) is 2.29. The number of hydrogen-bond acceptors (Lipinski definition) is 6. The molecule has 3 N–H and O–H groups in total. The Morgan fingerprint density at radius 2 is 2.06 bits per heavy atom. The van der Waals surface area contributed by atoms with Crippen LogP contribution in [0.25, 0.3) is 0 Å². The number of aromatic nitrogens is 2. The second kappa shape index (κ2) is 4.06. The van der Waals surface area contributed by atoms with Gasteiger partial charge in [0.1, 0.15) is 4.90 Å². The molecule has 0 bridgehead atoms. The lowest BCUT2D eigenvalue weighted by atomic mass is 10.3. The topological polar surface area (TPSA) is 111 Å². The van der Waals surface area contributed by atoms with Crippen LogP contribution < -0.4 is 10.5 Å². The van der Waals surface area contributed by atoms with Crippen LogP contribution in [0, 0.1) is 6.92 Å². The molecule has 1 heterocycles. The Balaban J connectivity index is 2.35. The van der Waals surface area contributed by atoms with Crippen LogP contribution in [0.4, 0.5) is 11.7 Å². The molecule has 0 amide bonds. The highest BCUT2D eigenvalue weighted by Crippen LogP contribution is 2.19. The van der Waals surface area contributed by atoms with Crippen LogP contribution in [0.3, 0.4) is 0 Å². The van der Waals surface area contributed by atoms with Crippen molar-refractivity contribution in [1.29, 1.82) is 0 Å². The van der Waals surface area contributed by atoms with E-state index in [0.29, 0.717) is 5.82 Å². The van der Waals surface area contributed by atoms with Gasteiger partial charge < -0.3 is 10.3 Å². The highest BCUT2D eigenvalue weighted by molar-refractivity contribution is 7.92. The Bertz CT molecular complexity index is 635. The molecule has 0 fully saturated rings. The van der Waals surface area contributed by atoms with E-state index in [1.54, 1.807) is 19.1 Å². The van der Waals surface area contributed by atoms with E-state index in [2.05, 4.69) is 19.4 Å². The van der Waals surface area contributed by atoms with Crippen LogP contribution in [-0.4, -0.2) is 18.6 Å². The van der Waals surface area contributed by atoms with Crippen LogP contribution in [0.15, 0.2) is 33.7 Å². The molecule has 0 spiro atoms. The van der Waals surface area contributed by atoms with Crippen molar-refractivity contribution >= 4 is 21.7 Å². The monoisotopic (exact) mass is 254 g/mol. The molecule has 17 heavy (non-hydrogen) atoms. The highest BCUT2D eigenvalue weighted by Gasteiger charge is 2.19. The van der Waals surface area contributed by atoms with Gasteiger partial charge in [0.05, 0.1) is 5.69 Å². The summed E-state index contributed by atoms with van der Waals surface area (Å²) < 4.78 is 30.6. The van der Waals surface area contributed by atoms with Crippen molar-refractivity contribution in [1.82, 2.24) is 10.1 Å². The number of benzene rings is 1. The first kappa shape index (κ1) is 11.4. The van der Waals surface area contributed by atoms with Crippen LogP contribution >= 0.6 is 0 Å². The minimum absolute atomic E-state index is 0.0316. The maximum atomic E-state index is 11.9. The summed E-state index contributed by atoms with van der Waals surface area (Å²) in [5.41, 5.74) is 5.73. The number of nitrogen functional groups attached to an aromatic ring is 1. The smallest absolute Gasteiger partial charge is 0.335 e. The van der Waals surface area contributed by atoms with Crippen molar-refractivity contribution in [3.05, 3.63) is 30.1 Å². The van der Waals surface area contributed by atoms with Crippen LogP contribution in [0.1, 0.15) is 5.82 Å². The van der Waals surface area contributed by atoms with Gasteiger partial charge in [0.15, 0.2) is 5.82 Å². The minimum Gasteiger partial charge on any atom is -0.398 e. The van der Waals surface area contributed by atoms with Gasteiger partial charge >= 0.3 is 6.01 Å². The number of rotatable bonds is 3. The Labute approximate surface area is 97.7 Å². The van der Waals surface area contributed by atoms with Crippen LogP contribution in [0.2, 0.25) is 0 Å². The van der Waals surface area contributed by atoms with Gasteiger partial charge in [-0.1, -0.05) is 17.3 Å². The largest absolute Gasteiger partial charge is 0.398 e. The fourth-order valence-electron chi connectivity index (χ4n) is 1.23. The number of anilines is 2. The van der Waals surface area contributed by atoms with Crippen molar-refractivity contribution in [2.75, 3.05) is 10.5 Å². The summed E-state index contributed by atoms with van der Waals surface area (Å²) in [5, 5.41) is 3.47. The number of nitrogens with two attached hydrogens (primary N) is 1. The molecule has 0 aliphatic heterocycles. The molecule has 0 radical (unpaired) electrons. The Morgan fingerprint density at radius 3 is 2.65 bits per heavy atom. The third-order valence-corrected chi connectivity index (χ3v) is 3.35. The zero-order valence-corrected chi connectivity index (χ0v) is 9.73. The molecule has 2 rings (SSSR count). The van der Waals surface area contributed by atoms with E-state index in [-0.39, 0.29) is 16.6 Å². The van der Waals surface area contributed by atoms with E-state index in [1.807, 2.05) is 0 Å². The number of aryl methyl sites for hydroxylation is 1. The lowest BCUT2D eigenvalue weighted by Gasteiger charge is -2.05. The Morgan fingerprint density at radius 1 is 1.35 bits per heavy atom. The van der Waals surface area contributed by atoms with E-state index in [0.717, 1.165) is 0 Å². The molecule has 8 heteroatoms. The average Bonchev–Trinajstić information content (AvgIpc) is 2.63. The van der Waals surface area contributed by atoms with Gasteiger partial charge in [-0.15, -0.1) is 0 Å². The van der Waals surface area contributed by atoms with E-state index in [4.69, 9.17) is 5.73 Å². The van der Waals surface area contributed by atoms with Gasteiger partial charge in [-0.3, -0.25) is 0 Å². The third-order valence-electron chi connectivity index (χ3n) is 1.96. The minimum atomic E-state index is -3.80. The summed E-state index contributed by atoms with van der Waals surface area (Å²) in [6, 6.07) is 5.91. The highest BCUT2D eigenvalue weighted by atomic mass is 32.2. The first-order valence-electron chi connectivity index (χ1n) is 4.67. The van der Waals surface area contributed by atoms with Crippen molar-refractivity contribution in [3.8, 4) is 0 Å². The quantitative estimate of drug-likeness (QED) is 0.782. The SMILES string of the molecule is Cc1noc(NS(=O)(=O)c2ccccc2N)n1. The van der Waals surface area contributed by atoms with Crippen LogP contribution in [-0.2, 0) is 10.0 Å². The molecule has 0 saturated carbocycles. The molecular formula is C9H10N4O3S. The lowest BCUT2D eigenvalue weighted by Crippen LogP contribution is -2.14. The molecule has 1 aromatic carbocycles. The summed E-state index contributed by atoms with van der Waals surface area (Å²) >= 11 is 0. The number of nitrogens with zero attached hydrogens (tertiary/aromatic N) is 2. The van der Waals surface area contributed by atoms with E-state index >= 15 is 0 Å². The van der Waals surface area contributed by atoms with Crippen molar-refractivity contribution in [3.63, 3.8) is 0 Å². The van der Waals surface area contributed by atoms with E-state index < -0.39 is 10.0 Å². The lowest BCUT2D eigenvalue weighted by molar-refractivity contribution is 0.429. The third kappa shape index (κ3) is 2.36. The zero-order chi connectivity index (χ0) is 12.5. The van der Waals surface area contributed by atoms with Crippen LogP contribution in [0.5, 0.6) is 0 Å². The summed E-state index contributed by atoms with van der Waals surface area (Å²) in [6.45, 7) is 1.58. The number of hydrogen-bond donors (Lipinski definition) is 2. The van der Waals surface area contributed by atoms with Gasteiger partial charge in [-0.2, -0.15) is 4.98 Å². The molecule has 0 saturated heterocycles. The summed E-state index contributed by atoms with van der Waals surface area (Å²) in [5.74, 6) is 0.337. The number of para-hydroxylation sites is 1. The standard InChI is InChI=1S/C9H10N4O3S/c1-6-11-9(16-12-6)13-17(14,15)8-5-3-2-4-7(8)10/h2-5H,10H2,1H3,(H,11,12,13). The molecular weight excluding hydrogens is 244 g/mol. The summed E-state index contributed by atoms with van der Waals surface area (Å²) in [4.78, 5) is 3.71. The van der Waals surface area contributed by atoms with Crippen molar-refractivity contribution in [2.24, 2.45) is 0 Å². The predicted octanol–water partition coefficient (Wildman–Crippen LogP) is 0.761.